The molecule has 1 aromatic carbocycles. The number of nitrogens with zero attached hydrogens (tertiary/aromatic N) is 2. The first kappa shape index (κ1) is 16.7. The standard InChI is InChI=1S/C19H30N2O2/c1-19(15-21-10-7-18(23)13-17(21)14-22)8-11-20(12-9-19)16-5-3-2-4-6-16/h2-6,17-18,22-23H,7-15H2,1H3. The van der Waals surface area contributed by atoms with Gasteiger partial charge in [-0.3, -0.25) is 4.90 Å². The van der Waals surface area contributed by atoms with Crippen molar-refractivity contribution in [1.29, 1.82) is 0 Å². The van der Waals surface area contributed by atoms with Crippen molar-refractivity contribution in [3.63, 3.8) is 0 Å². The minimum Gasteiger partial charge on any atom is -0.395 e. The second kappa shape index (κ2) is 7.20. The van der Waals surface area contributed by atoms with Gasteiger partial charge < -0.3 is 15.1 Å². The maximum Gasteiger partial charge on any atom is 0.0587 e. The molecular weight excluding hydrogens is 288 g/mol. The van der Waals surface area contributed by atoms with Crippen LogP contribution in [-0.2, 0) is 0 Å². The van der Waals surface area contributed by atoms with E-state index in [4.69, 9.17) is 0 Å². The van der Waals surface area contributed by atoms with Crippen molar-refractivity contribution in [1.82, 2.24) is 4.90 Å². The Morgan fingerprint density at radius 1 is 1.13 bits per heavy atom. The zero-order chi connectivity index (χ0) is 16.3. The Kier molecular flexibility index (Phi) is 5.24. The quantitative estimate of drug-likeness (QED) is 0.893. The summed E-state index contributed by atoms with van der Waals surface area (Å²) in [6.07, 6.45) is 3.67. The molecule has 2 aliphatic heterocycles. The molecule has 2 heterocycles. The molecule has 0 aliphatic carbocycles. The molecule has 4 heteroatoms. The molecule has 2 fully saturated rings. The van der Waals surface area contributed by atoms with E-state index < -0.39 is 0 Å². The predicted molar refractivity (Wildman–Crippen MR) is 93.7 cm³/mol. The van der Waals surface area contributed by atoms with E-state index in [2.05, 4.69) is 47.1 Å². The van der Waals surface area contributed by atoms with E-state index in [1.54, 1.807) is 0 Å². The Hall–Kier alpha value is -1.10. The highest BCUT2D eigenvalue weighted by Gasteiger charge is 2.36. The van der Waals surface area contributed by atoms with Crippen LogP contribution < -0.4 is 4.90 Å². The lowest BCUT2D eigenvalue weighted by Crippen LogP contribution is -2.52. The van der Waals surface area contributed by atoms with Crippen LogP contribution in [-0.4, -0.2) is 60.0 Å². The van der Waals surface area contributed by atoms with Crippen LogP contribution >= 0.6 is 0 Å². The van der Waals surface area contributed by atoms with Gasteiger partial charge in [-0.15, -0.1) is 0 Å². The second-order valence-corrected chi connectivity index (χ2v) is 7.62. The van der Waals surface area contributed by atoms with Crippen molar-refractivity contribution in [2.24, 2.45) is 5.41 Å². The predicted octanol–water partition coefficient (Wildman–Crippen LogP) is 2.11. The van der Waals surface area contributed by atoms with Crippen molar-refractivity contribution in [2.75, 3.05) is 37.7 Å². The molecule has 0 spiro atoms. The first-order chi connectivity index (χ1) is 11.1. The third-order valence-electron chi connectivity index (χ3n) is 5.70. The van der Waals surface area contributed by atoms with Crippen LogP contribution in [0.15, 0.2) is 30.3 Å². The minimum absolute atomic E-state index is 0.128. The maximum absolute atomic E-state index is 9.81. The normalized spacial score (nSPS) is 28.7. The van der Waals surface area contributed by atoms with Crippen LogP contribution in [0, 0.1) is 5.41 Å². The molecule has 0 radical (unpaired) electrons. The van der Waals surface area contributed by atoms with E-state index in [0.717, 1.165) is 32.6 Å². The van der Waals surface area contributed by atoms with Gasteiger partial charge in [-0.2, -0.15) is 0 Å². The number of hydrogen-bond acceptors (Lipinski definition) is 4. The summed E-state index contributed by atoms with van der Waals surface area (Å²) in [6.45, 7) is 6.68. The molecule has 0 saturated carbocycles. The molecular formula is C19H30N2O2. The molecule has 2 aliphatic rings. The largest absolute Gasteiger partial charge is 0.395 e. The Labute approximate surface area is 139 Å². The van der Waals surface area contributed by atoms with Crippen molar-refractivity contribution in [3.05, 3.63) is 30.3 Å². The van der Waals surface area contributed by atoms with E-state index in [1.165, 1.54) is 18.5 Å². The third-order valence-corrected chi connectivity index (χ3v) is 5.70. The molecule has 1 aromatic rings. The molecule has 2 unspecified atom stereocenters. The van der Waals surface area contributed by atoms with E-state index in [1.807, 2.05) is 0 Å². The summed E-state index contributed by atoms with van der Waals surface area (Å²) in [5.74, 6) is 0. The number of benzene rings is 1. The van der Waals surface area contributed by atoms with Gasteiger partial charge >= 0.3 is 0 Å². The van der Waals surface area contributed by atoms with Crippen LogP contribution in [0.5, 0.6) is 0 Å². The van der Waals surface area contributed by atoms with Crippen LogP contribution in [0.4, 0.5) is 5.69 Å². The number of hydrogen-bond donors (Lipinski definition) is 2. The second-order valence-electron chi connectivity index (χ2n) is 7.62. The fraction of sp³-hybridized carbons (Fsp3) is 0.684. The van der Waals surface area contributed by atoms with Crippen LogP contribution in [0.1, 0.15) is 32.6 Å². The molecule has 0 bridgehead atoms. The summed E-state index contributed by atoms with van der Waals surface area (Å²) < 4.78 is 0. The lowest BCUT2D eigenvalue weighted by Gasteiger charge is -2.46. The summed E-state index contributed by atoms with van der Waals surface area (Å²) in [7, 11) is 0. The van der Waals surface area contributed by atoms with E-state index in [9.17, 15) is 10.2 Å². The van der Waals surface area contributed by atoms with Crippen molar-refractivity contribution >= 4 is 5.69 Å². The molecule has 0 amide bonds. The fourth-order valence-corrected chi connectivity index (χ4v) is 4.07. The summed E-state index contributed by atoms with van der Waals surface area (Å²) in [4.78, 5) is 4.89. The average molecular weight is 318 g/mol. The molecule has 2 atom stereocenters. The van der Waals surface area contributed by atoms with Gasteiger partial charge in [0.25, 0.3) is 0 Å². The Bertz CT molecular complexity index is 485. The molecule has 0 aromatic heterocycles. The van der Waals surface area contributed by atoms with Crippen molar-refractivity contribution in [2.45, 2.75) is 44.8 Å². The summed E-state index contributed by atoms with van der Waals surface area (Å²) >= 11 is 0. The lowest BCUT2D eigenvalue weighted by molar-refractivity contribution is -0.00665. The van der Waals surface area contributed by atoms with Gasteiger partial charge in [0.15, 0.2) is 0 Å². The van der Waals surface area contributed by atoms with Gasteiger partial charge in [0, 0.05) is 37.9 Å². The number of rotatable bonds is 4. The number of piperidine rings is 2. The number of para-hydroxylation sites is 1. The monoisotopic (exact) mass is 318 g/mol. The van der Waals surface area contributed by atoms with Crippen LogP contribution in [0.3, 0.4) is 0 Å². The first-order valence-corrected chi connectivity index (χ1v) is 8.93. The van der Waals surface area contributed by atoms with Gasteiger partial charge in [-0.25, -0.2) is 0 Å². The summed E-state index contributed by atoms with van der Waals surface area (Å²) in [5, 5.41) is 19.4. The number of aliphatic hydroxyl groups excluding tert-OH is 2. The van der Waals surface area contributed by atoms with Crippen LogP contribution in [0.25, 0.3) is 0 Å². The number of aliphatic hydroxyl groups is 2. The first-order valence-electron chi connectivity index (χ1n) is 8.93. The minimum atomic E-state index is -0.240. The zero-order valence-corrected chi connectivity index (χ0v) is 14.2. The van der Waals surface area contributed by atoms with Crippen molar-refractivity contribution in [3.8, 4) is 0 Å². The molecule has 2 N–H and O–H groups in total. The summed E-state index contributed by atoms with van der Waals surface area (Å²) in [5.41, 5.74) is 1.63. The highest BCUT2D eigenvalue weighted by molar-refractivity contribution is 5.46. The van der Waals surface area contributed by atoms with E-state index >= 15 is 0 Å². The molecule has 23 heavy (non-hydrogen) atoms. The van der Waals surface area contributed by atoms with Gasteiger partial charge in [0.1, 0.15) is 0 Å². The van der Waals surface area contributed by atoms with Gasteiger partial charge in [0.05, 0.1) is 12.7 Å². The maximum atomic E-state index is 9.81. The third kappa shape index (κ3) is 4.06. The molecule has 128 valence electrons. The van der Waals surface area contributed by atoms with E-state index in [0.29, 0.717) is 11.8 Å². The molecule has 4 nitrogen and oxygen atoms in total. The Balaban J connectivity index is 1.57. The highest BCUT2D eigenvalue weighted by Crippen LogP contribution is 2.35. The van der Waals surface area contributed by atoms with Gasteiger partial charge in [-0.1, -0.05) is 25.1 Å². The number of anilines is 1. The zero-order valence-electron chi connectivity index (χ0n) is 14.2. The highest BCUT2D eigenvalue weighted by atomic mass is 16.3. The topological polar surface area (TPSA) is 46.9 Å². The molecule has 3 rings (SSSR count). The molecule has 2 saturated heterocycles. The van der Waals surface area contributed by atoms with Crippen molar-refractivity contribution < 1.29 is 10.2 Å². The van der Waals surface area contributed by atoms with E-state index in [-0.39, 0.29) is 18.8 Å². The smallest absolute Gasteiger partial charge is 0.0587 e. The summed E-state index contributed by atoms with van der Waals surface area (Å²) in [6, 6.07) is 10.8. The van der Waals surface area contributed by atoms with Gasteiger partial charge in [0.2, 0.25) is 0 Å². The number of likely N-dealkylation sites (tertiary alicyclic amines) is 1. The van der Waals surface area contributed by atoms with Gasteiger partial charge in [-0.05, 0) is 43.2 Å². The SMILES string of the molecule is CC1(CN2CCC(O)CC2CO)CCN(c2ccccc2)CC1. The Morgan fingerprint density at radius 2 is 1.83 bits per heavy atom. The fourth-order valence-electron chi connectivity index (χ4n) is 4.07. The lowest BCUT2D eigenvalue weighted by atomic mass is 9.79. The average Bonchev–Trinajstić information content (AvgIpc) is 2.58. The van der Waals surface area contributed by atoms with Crippen LogP contribution in [0.2, 0.25) is 0 Å². The Morgan fingerprint density at radius 3 is 2.48 bits per heavy atom.